The molecule has 1 aromatic rings. The number of aromatic amines is 1. The van der Waals surface area contributed by atoms with Crippen molar-refractivity contribution in [1.29, 1.82) is 0 Å². The van der Waals surface area contributed by atoms with E-state index in [1.54, 1.807) is 0 Å². The largest absolute Gasteiger partial charge is 0.471 e. The molecule has 0 unspecified atom stereocenters. The molecule has 0 radical (unpaired) electrons. The first-order valence-electron chi connectivity index (χ1n) is 7.27. The van der Waals surface area contributed by atoms with Crippen molar-refractivity contribution in [3.05, 3.63) is 32.6 Å². The number of carbonyl (C=O) groups excluding carboxylic acids is 1. The van der Waals surface area contributed by atoms with Gasteiger partial charge in [-0.15, -0.1) is 0 Å². The number of hydrogen-bond donors (Lipinski definition) is 4. The lowest BCUT2D eigenvalue weighted by Crippen LogP contribution is -2.37. The average Bonchev–Trinajstić information content (AvgIpc) is 2.92. The number of rotatable bonds is 3. The van der Waals surface area contributed by atoms with Crippen LogP contribution >= 0.6 is 0 Å². The second-order valence-corrected chi connectivity index (χ2v) is 5.31. The number of hydrogen-bond acceptors (Lipinski definition) is 6. The maximum absolute atomic E-state index is 12.0. The Hall–Kier alpha value is -2.62. The van der Waals surface area contributed by atoms with Crippen LogP contribution in [0.2, 0.25) is 0 Å². The van der Waals surface area contributed by atoms with Gasteiger partial charge in [0.15, 0.2) is 0 Å². The standard InChI is InChI=1S/C14H14F3N3O6/c15-14(16,17)12(24)18-3-1-2-7-5-20(13(25)19-11(7)23)10-4-8(22)9(6-21)26-10/h5,8-10,21-22H,3-4,6H2,(H,18,24)(H,19,23,25)/t8-,9+,10+/m0/s1. The summed E-state index contributed by atoms with van der Waals surface area (Å²) in [5.74, 6) is 2.24. The van der Waals surface area contributed by atoms with Crippen LogP contribution in [0, 0.1) is 11.8 Å². The van der Waals surface area contributed by atoms with Crippen LogP contribution < -0.4 is 16.6 Å². The summed E-state index contributed by atoms with van der Waals surface area (Å²) >= 11 is 0. The van der Waals surface area contributed by atoms with Crippen molar-refractivity contribution >= 4 is 5.91 Å². The molecule has 0 spiro atoms. The van der Waals surface area contributed by atoms with Gasteiger partial charge in [0.05, 0.1) is 19.3 Å². The van der Waals surface area contributed by atoms with E-state index in [1.807, 2.05) is 4.98 Å². The second kappa shape index (κ2) is 7.73. The molecule has 0 aromatic carbocycles. The van der Waals surface area contributed by atoms with E-state index < -0.39 is 54.9 Å². The Labute approximate surface area is 143 Å². The predicted molar refractivity (Wildman–Crippen MR) is 78.9 cm³/mol. The molecule has 1 amide bonds. The lowest BCUT2D eigenvalue weighted by molar-refractivity contribution is -0.173. The van der Waals surface area contributed by atoms with Crippen molar-refractivity contribution in [1.82, 2.24) is 14.9 Å². The average molecular weight is 377 g/mol. The van der Waals surface area contributed by atoms with Gasteiger partial charge < -0.3 is 20.3 Å². The zero-order valence-electron chi connectivity index (χ0n) is 13.0. The molecule has 0 bridgehead atoms. The number of aliphatic hydroxyl groups excluding tert-OH is 2. The Morgan fingerprint density at radius 2 is 2.15 bits per heavy atom. The van der Waals surface area contributed by atoms with Crippen molar-refractivity contribution in [2.75, 3.05) is 13.2 Å². The van der Waals surface area contributed by atoms with Gasteiger partial charge in [0.1, 0.15) is 17.9 Å². The number of ether oxygens (including phenoxy) is 1. The Kier molecular flexibility index (Phi) is 5.86. The van der Waals surface area contributed by atoms with Crippen molar-refractivity contribution < 1.29 is 32.9 Å². The molecule has 12 heteroatoms. The third-order valence-corrected chi connectivity index (χ3v) is 3.48. The molecule has 0 saturated carbocycles. The number of aliphatic hydroxyl groups is 2. The van der Waals surface area contributed by atoms with Gasteiger partial charge in [0.25, 0.3) is 5.56 Å². The van der Waals surface area contributed by atoms with Gasteiger partial charge in [0, 0.05) is 12.6 Å². The van der Waals surface area contributed by atoms with Crippen molar-refractivity contribution in [3.8, 4) is 11.8 Å². The van der Waals surface area contributed by atoms with Crippen molar-refractivity contribution in [2.24, 2.45) is 0 Å². The van der Waals surface area contributed by atoms with Crippen LogP contribution in [0.1, 0.15) is 18.2 Å². The van der Waals surface area contributed by atoms with Crippen molar-refractivity contribution in [3.63, 3.8) is 0 Å². The molecular weight excluding hydrogens is 363 g/mol. The van der Waals surface area contributed by atoms with Gasteiger partial charge in [-0.2, -0.15) is 13.2 Å². The molecule has 142 valence electrons. The van der Waals surface area contributed by atoms with Crippen LogP contribution in [0.25, 0.3) is 0 Å². The Balaban J connectivity index is 2.17. The Bertz CT molecular complexity index is 850. The maximum Gasteiger partial charge on any atom is 0.471 e. The summed E-state index contributed by atoms with van der Waals surface area (Å²) in [7, 11) is 0. The summed E-state index contributed by atoms with van der Waals surface area (Å²) in [6, 6.07) is 0. The van der Waals surface area contributed by atoms with Crippen LogP contribution in [0.4, 0.5) is 13.2 Å². The summed E-state index contributed by atoms with van der Waals surface area (Å²) in [4.78, 5) is 36.2. The number of carbonyl (C=O) groups is 1. The Morgan fingerprint density at radius 1 is 1.46 bits per heavy atom. The molecule has 2 rings (SSSR count). The highest BCUT2D eigenvalue weighted by Crippen LogP contribution is 2.27. The van der Waals surface area contributed by atoms with Gasteiger partial charge in [-0.25, -0.2) is 4.79 Å². The monoisotopic (exact) mass is 377 g/mol. The second-order valence-electron chi connectivity index (χ2n) is 5.31. The SMILES string of the molecule is O=C(NCC#Cc1cn([C@H]2C[C@H](O)[C@@H](CO)O2)c(=O)[nH]c1=O)C(F)(F)F. The first kappa shape index (κ1) is 19.7. The van der Waals surface area contributed by atoms with E-state index in [4.69, 9.17) is 9.84 Å². The van der Waals surface area contributed by atoms with E-state index in [-0.39, 0.29) is 12.0 Å². The summed E-state index contributed by atoms with van der Waals surface area (Å²) < 4.78 is 42.3. The summed E-state index contributed by atoms with van der Waals surface area (Å²) in [6.07, 6.45) is -6.92. The topological polar surface area (TPSA) is 134 Å². The molecule has 1 fully saturated rings. The normalized spacial score (nSPS) is 22.6. The molecule has 1 aliphatic heterocycles. The van der Waals surface area contributed by atoms with E-state index in [9.17, 15) is 32.7 Å². The molecule has 4 N–H and O–H groups in total. The third kappa shape index (κ3) is 4.51. The van der Waals surface area contributed by atoms with E-state index >= 15 is 0 Å². The number of nitrogens with zero attached hydrogens (tertiary/aromatic N) is 1. The number of H-pyrrole nitrogens is 1. The summed E-state index contributed by atoms with van der Waals surface area (Å²) in [5.41, 5.74) is -1.98. The van der Waals surface area contributed by atoms with Crippen LogP contribution in [-0.2, 0) is 9.53 Å². The minimum atomic E-state index is -5.05. The fourth-order valence-electron chi connectivity index (χ4n) is 2.20. The maximum atomic E-state index is 12.0. The first-order chi connectivity index (χ1) is 12.1. The molecule has 9 nitrogen and oxygen atoms in total. The van der Waals surface area contributed by atoms with Gasteiger partial charge in [0.2, 0.25) is 0 Å². The first-order valence-corrected chi connectivity index (χ1v) is 7.27. The third-order valence-electron chi connectivity index (χ3n) is 3.48. The zero-order chi connectivity index (χ0) is 19.5. The van der Waals surface area contributed by atoms with E-state index in [2.05, 4.69) is 11.8 Å². The summed E-state index contributed by atoms with van der Waals surface area (Å²) in [5, 5.41) is 20.3. The fraction of sp³-hybridized carbons (Fsp3) is 0.500. The van der Waals surface area contributed by atoms with Gasteiger partial charge in [-0.1, -0.05) is 11.8 Å². The molecule has 26 heavy (non-hydrogen) atoms. The minimum absolute atomic E-state index is 0.0221. The molecule has 1 aliphatic rings. The predicted octanol–water partition coefficient (Wildman–Crippen LogP) is -1.79. The fourth-order valence-corrected chi connectivity index (χ4v) is 2.20. The highest BCUT2D eigenvalue weighted by molar-refractivity contribution is 5.81. The Morgan fingerprint density at radius 3 is 2.73 bits per heavy atom. The smallest absolute Gasteiger partial charge is 0.394 e. The molecule has 2 heterocycles. The highest BCUT2D eigenvalue weighted by atomic mass is 19.4. The van der Waals surface area contributed by atoms with E-state index in [0.29, 0.717) is 0 Å². The number of alkyl halides is 3. The number of nitrogens with one attached hydrogen (secondary N) is 2. The van der Waals surface area contributed by atoms with Gasteiger partial charge in [-0.05, 0) is 0 Å². The van der Waals surface area contributed by atoms with E-state index in [0.717, 1.165) is 10.8 Å². The lowest BCUT2D eigenvalue weighted by atomic mass is 10.2. The number of amides is 1. The summed E-state index contributed by atoms with van der Waals surface area (Å²) in [6.45, 7) is -1.14. The number of aromatic nitrogens is 2. The molecule has 1 saturated heterocycles. The zero-order valence-corrected chi connectivity index (χ0v) is 13.0. The van der Waals surface area contributed by atoms with Crippen LogP contribution in [0.15, 0.2) is 15.8 Å². The van der Waals surface area contributed by atoms with Gasteiger partial charge in [-0.3, -0.25) is 19.1 Å². The highest BCUT2D eigenvalue weighted by Gasteiger charge is 2.38. The van der Waals surface area contributed by atoms with E-state index in [1.165, 1.54) is 5.32 Å². The van der Waals surface area contributed by atoms with Crippen LogP contribution in [0.3, 0.4) is 0 Å². The molecule has 0 aliphatic carbocycles. The molecule has 3 atom stereocenters. The quantitative estimate of drug-likeness (QED) is 0.460. The van der Waals surface area contributed by atoms with Crippen LogP contribution in [0.5, 0.6) is 0 Å². The van der Waals surface area contributed by atoms with Crippen LogP contribution in [-0.4, -0.2) is 57.2 Å². The van der Waals surface area contributed by atoms with Gasteiger partial charge >= 0.3 is 17.8 Å². The minimum Gasteiger partial charge on any atom is -0.394 e. The number of halogens is 3. The lowest BCUT2D eigenvalue weighted by Gasteiger charge is -2.14. The van der Waals surface area contributed by atoms with Crippen molar-refractivity contribution in [2.45, 2.75) is 31.0 Å². The molecular formula is C14H14F3N3O6. The molecule has 1 aromatic heterocycles.